The van der Waals surface area contributed by atoms with Gasteiger partial charge < -0.3 is 10.6 Å². The average Bonchev–Trinajstić information content (AvgIpc) is 3.08. The van der Waals surface area contributed by atoms with E-state index < -0.39 is 11.7 Å². The third-order valence-corrected chi connectivity index (χ3v) is 3.31. The molecule has 8 heteroatoms. The standard InChI is InChI=1S/C12H13FN6O/c13-9-4-15-12(16-5-9)18-2-1-10(7-18)19-6-8(3-17-19)11(14)20/h3-6,10H,1-2,7H2,(H2,14,20). The Morgan fingerprint density at radius 2 is 2.10 bits per heavy atom. The Morgan fingerprint density at radius 1 is 1.35 bits per heavy atom. The number of nitrogens with two attached hydrogens (primary N) is 1. The van der Waals surface area contributed by atoms with Crippen molar-refractivity contribution in [3.05, 3.63) is 36.2 Å². The second-order valence-electron chi connectivity index (χ2n) is 4.66. The lowest BCUT2D eigenvalue weighted by molar-refractivity contribution is 0.1000. The highest BCUT2D eigenvalue weighted by molar-refractivity contribution is 5.92. The van der Waals surface area contributed by atoms with Crippen molar-refractivity contribution in [2.75, 3.05) is 18.0 Å². The molecule has 104 valence electrons. The molecule has 1 aliphatic rings. The van der Waals surface area contributed by atoms with Gasteiger partial charge in [-0.15, -0.1) is 0 Å². The van der Waals surface area contributed by atoms with E-state index in [4.69, 9.17) is 5.73 Å². The molecule has 2 aromatic heterocycles. The largest absolute Gasteiger partial charge is 0.366 e. The van der Waals surface area contributed by atoms with Gasteiger partial charge in [-0.25, -0.2) is 14.4 Å². The molecule has 20 heavy (non-hydrogen) atoms. The predicted octanol–water partition coefficient (Wildman–Crippen LogP) is 0.362. The van der Waals surface area contributed by atoms with Gasteiger partial charge in [0.2, 0.25) is 5.95 Å². The summed E-state index contributed by atoms with van der Waals surface area (Å²) in [7, 11) is 0. The van der Waals surface area contributed by atoms with Crippen molar-refractivity contribution in [1.29, 1.82) is 0 Å². The molecule has 1 unspecified atom stereocenters. The second-order valence-corrected chi connectivity index (χ2v) is 4.66. The van der Waals surface area contributed by atoms with Crippen molar-refractivity contribution in [3.63, 3.8) is 0 Å². The van der Waals surface area contributed by atoms with Crippen LogP contribution in [0.15, 0.2) is 24.8 Å². The zero-order chi connectivity index (χ0) is 14.1. The molecule has 0 aliphatic carbocycles. The first-order chi connectivity index (χ1) is 9.63. The monoisotopic (exact) mass is 276 g/mol. The number of primary amides is 1. The summed E-state index contributed by atoms with van der Waals surface area (Å²) >= 11 is 0. The summed E-state index contributed by atoms with van der Waals surface area (Å²) in [5, 5.41) is 4.15. The molecule has 1 saturated heterocycles. The number of carbonyl (C=O) groups is 1. The quantitative estimate of drug-likeness (QED) is 0.874. The second kappa shape index (κ2) is 4.87. The molecule has 1 fully saturated rings. The third kappa shape index (κ3) is 2.31. The molecule has 2 aromatic rings. The minimum Gasteiger partial charge on any atom is -0.366 e. The van der Waals surface area contributed by atoms with Crippen LogP contribution in [0, 0.1) is 5.82 Å². The van der Waals surface area contributed by atoms with Gasteiger partial charge in [-0.05, 0) is 6.42 Å². The highest BCUT2D eigenvalue weighted by Gasteiger charge is 2.26. The van der Waals surface area contributed by atoms with E-state index in [1.807, 2.05) is 4.90 Å². The third-order valence-electron chi connectivity index (χ3n) is 3.31. The summed E-state index contributed by atoms with van der Waals surface area (Å²) in [5.74, 6) is -0.452. The van der Waals surface area contributed by atoms with Gasteiger partial charge in [0.15, 0.2) is 5.82 Å². The van der Waals surface area contributed by atoms with E-state index in [2.05, 4.69) is 15.1 Å². The van der Waals surface area contributed by atoms with Gasteiger partial charge in [0.05, 0.1) is 30.2 Å². The molecule has 0 bridgehead atoms. The minimum atomic E-state index is -0.493. The summed E-state index contributed by atoms with van der Waals surface area (Å²) in [5.41, 5.74) is 5.59. The Hall–Kier alpha value is -2.51. The molecular weight excluding hydrogens is 263 g/mol. The fourth-order valence-corrected chi connectivity index (χ4v) is 2.27. The van der Waals surface area contributed by atoms with Crippen LogP contribution in [-0.4, -0.2) is 38.7 Å². The van der Waals surface area contributed by atoms with Crippen LogP contribution in [0.25, 0.3) is 0 Å². The summed E-state index contributed by atoms with van der Waals surface area (Å²) in [6, 6.07) is 0.122. The highest BCUT2D eigenvalue weighted by Crippen LogP contribution is 2.24. The van der Waals surface area contributed by atoms with Crippen molar-refractivity contribution in [2.24, 2.45) is 5.73 Å². The maximum Gasteiger partial charge on any atom is 0.251 e. The lowest BCUT2D eigenvalue weighted by Crippen LogP contribution is -2.23. The van der Waals surface area contributed by atoms with Crippen LogP contribution in [0.1, 0.15) is 22.8 Å². The molecule has 0 saturated carbocycles. The Kier molecular flexibility index (Phi) is 3.05. The number of rotatable bonds is 3. The van der Waals surface area contributed by atoms with Gasteiger partial charge in [0.25, 0.3) is 5.91 Å². The molecule has 0 spiro atoms. The Balaban J connectivity index is 1.72. The van der Waals surface area contributed by atoms with E-state index in [1.165, 1.54) is 6.20 Å². The van der Waals surface area contributed by atoms with Gasteiger partial charge in [-0.2, -0.15) is 5.10 Å². The number of hydrogen-bond acceptors (Lipinski definition) is 5. The van der Waals surface area contributed by atoms with Crippen molar-refractivity contribution in [1.82, 2.24) is 19.7 Å². The molecule has 0 radical (unpaired) electrons. The van der Waals surface area contributed by atoms with Gasteiger partial charge in [-0.3, -0.25) is 9.48 Å². The van der Waals surface area contributed by atoms with Crippen LogP contribution >= 0.6 is 0 Å². The van der Waals surface area contributed by atoms with Crippen LogP contribution in [0.4, 0.5) is 10.3 Å². The first kappa shape index (κ1) is 12.5. The number of aromatic nitrogens is 4. The Labute approximate surface area is 114 Å². The summed E-state index contributed by atoms with van der Waals surface area (Å²) in [4.78, 5) is 20.9. The maximum absolute atomic E-state index is 12.8. The predicted molar refractivity (Wildman–Crippen MR) is 68.6 cm³/mol. The van der Waals surface area contributed by atoms with Gasteiger partial charge in [-0.1, -0.05) is 0 Å². The molecule has 1 atom stereocenters. The van der Waals surface area contributed by atoms with Gasteiger partial charge >= 0.3 is 0 Å². The van der Waals surface area contributed by atoms with Crippen molar-refractivity contribution in [3.8, 4) is 0 Å². The number of anilines is 1. The van der Waals surface area contributed by atoms with E-state index >= 15 is 0 Å². The normalized spacial score (nSPS) is 18.4. The summed E-state index contributed by atoms with van der Waals surface area (Å²) in [6.45, 7) is 1.41. The van der Waals surface area contributed by atoms with E-state index in [0.717, 1.165) is 25.4 Å². The number of carbonyl (C=O) groups excluding carboxylic acids is 1. The van der Waals surface area contributed by atoms with Gasteiger partial charge in [0, 0.05) is 19.3 Å². The van der Waals surface area contributed by atoms with Crippen LogP contribution < -0.4 is 10.6 Å². The average molecular weight is 276 g/mol. The van der Waals surface area contributed by atoms with E-state index in [-0.39, 0.29) is 6.04 Å². The molecule has 3 rings (SSSR count). The molecule has 3 heterocycles. The Morgan fingerprint density at radius 3 is 2.75 bits per heavy atom. The molecule has 1 aliphatic heterocycles. The lowest BCUT2D eigenvalue weighted by atomic mass is 10.3. The maximum atomic E-state index is 12.8. The van der Waals surface area contributed by atoms with Crippen LogP contribution in [0.2, 0.25) is 0 Å². The first-order valence-electron chi connectivity index (χ1n) is 6.20. The van der Waals surface area contributed by atoms with Crippen molar-refractivity contribution < 1.29 is 9.18 Å². The lowest BCUT2D eigenvalue weighted by Gasteiger charge is -2.15. The molecule has 7 nitrogen and oxygen atoms in total. The number of hydrogen-bond donors (Lipinski definition) is 1. The fourth-order valence-electron chi connectivity index (χ4n) is 2.27. The van der Waals surface area contributed by atoms with Crippen LogP contribution in [-0.2, 0) is 0 Å². The number of amides is 1. The number of halogens is 1. The Bertz CT molecular complexity index is 625. The molecule has 2 N–H and O–H groups in total. The molecule has 1 amide bonds. The fraction of sp³-hybridized carbons (Fsp3) is 0.333. The van der Waals surface area contributed by atoms with Crippen molar-refractivity contribution >= 4 is 11.9 Å². The smallest absolute Gasteiger partial charge is 0.251 e. The summed E-state index contributed by atoms with van der Waals surface area (Å²) in [6.07, 6.45) is 6.24. The van der Waals surface area contributed by atoms with Crippen LogP contribution in [0.3, 0.4) is 0 Å². The zero-order valence-electron chi connectivity index (χ0n) is 10.6. The van der Waals surface area contributed by atoms with Crippen molar-refractivity contribution in [2.45, 2.75) is 12.5 Å². The molecular formula is C12H13FN6O. The topological polar surface area (TPSA) is 89.9 Å². The highest BCUT2D eigenvalue weighted by atomic mass is 19.1. The first-order valence-corrected chi connectivity index (χ1v) is 6.20. The molecule has 0 aromatic carbocycles. The SMILES string of the molecule is NC(=O)c1cnn(C2CCN(c3ncc(F)cn3)C2)c1. The van der Waals surface area contributed by atoms with E-state index in [1.54, 1.807) is 10.9 Å². The van der Waals surface area contributed by atoms with E-state index in [9.17, 15) is 9.18 Å². The summed E-state index contributed by atoms with van der Waals surface area (Å²) < 4.78 is 14.5. The zero-order valence-corrected chi connectivity index (χ0v) is 10.6. The van der Waals surface area contributed by atoms with E-state index in [0.29, 0.717) is 18.1 Å². The minimum absolute atomic E-state index is 0.122. The number of nitrogens with zero attached hydrogens (tertiary/aromatic N) is 5. The van der Waals surface area contributed by atoms with Crippen LogP contribution in [0.5, 0.6) is 0 Å². The van der Waals surface area contributed by atoms with Gasteiger partial charge in [0.1, 0.15) is 0 Å².